The molecule has 0 spiro atoms. The van der Waals surface area contributed by atoms with E-state index < -0.39 is 0 Å². The van der Waals surface area contributed by atoms with Crippen molar-refractivity contribution in [2.45, 2.75) is 115 Å². The quantitative estimate of drug-likeness (QED) is 0.209. The Balaban J connectivity index is 0.000000138. The lowest BCUT2D eigenvalue weighted by molar-refractivity contribution is -0.297. The molecule has 4 heteroatoms. The Bertz CT molecular complexity index is 1740. The molecule has 52 heavy (non-hydrogen) atoms. The third-order valence-electron chi connectivity index (χ3n) is 14.9. The third kappa shape index (κ3) is 5.54. The van der Waals surface area contributed by atoms with Gasteiger partial charge in [-0.1, -0.05) is 137 Å². The highest BCUT2D eigenvalue weighted by Crippen LogP contribution is 2.61. The second-order valence-electron chi connectivity index (χ2n) is 17.8. The number of ether oxygens (including phenoxy) is 4. The monoisotopic (exact) mass is 696 g/mol. The van der Waals surface area contributed by atoms with E-state index in [1.165, 1.54) is 38.5 Å². The molecule has 2 saturated heterocycles. The van der Waals surface area contributed by atoms with Crippen molar-refractivity contribution in [2.24, 2.45) is 22.7 Å². The highest BCUT2D eigenvalue weighted by molar-refractivity contribution is 5.40. The van der Waals surface area contributed by atoms with Crippen LogP contribution in [0.25, 0.3) is 0 Å². The summed E-state index contributed by atoms with van der Waals surface area (Å²) in [6.45, 7) is 11.4. The van der Waals surface area contributed by atoms with Gasteiger partial charge in [0.25, 0.3) is 0 Å². The zero-order valence-electron chi connectivity index (χ0n) is 31.6. The Morgan fingerprint density at radius 1 is 0.462 bits per heavy atom. The van der Waals surface area contributed by atoms with Crippen LogP contribution in [0.4, 0.5) is 0 Å². The van der Waals surface area contributed by atoms with Gasteiger partial charge in [0.05, 0.1) is 25.4 Å². The Morgan fingerprint density at radius 2 is 0.846 bits per heavy atom. The van der Waals surface area contributed by atoms with E-state index in [0.29, 0.717) is 11.8 Å². The third-order valence-corrected chi connectivity index (χ3v) is 14.9. The maximum absolute atomic E-state index is 6.54. The lowest BCUT2D eigenvalue weighted by atomic mass is 9.49. The van der Waals surface area contributed by atoms with Gasteiger partial charge in [0.15, 0.2) is 12.6 Å². The van der Waals surface area contributed by atoms with Crippen LogP contribution in [-0.2, 0) is 42.6 Å². The molecule has 4 aliphatic carbocycles. The molecular weight excluding hydrogens is 641 g/mol. The molecule has 4 aromatic carbocycles. The minimum Gasteiger partial charge on any atom is -0.348 e. The number of rotatable bonds is 2. The summed E-state index contributed by atoms with van der Waals surface area (Å²) in [5, 5.41) is 0. The average molecular weight is 697 g/mol. The Kier molecular flexibility index (Phi) is 8.78. The summed E-state index contributed by atoms with van der Waals surface area (Å²) in [5.74, 6) is 1.22. The van der Waals surface area contributed by atoms with E-state index in [0.717, 1.165) is 37.2 Å². The standard InChI is InChI=1S/2C24H28O2/c2*1-23-15-14-21-24(2,16-25-22(26-21)18-9-4-3-5-10-18)20(23)13-12-17-8-6-7-11-19(17)23/h2*3-11,20-22H,12-16H2,1-2H3/t2*20-,21+,22-,23-,24+/m11/s1. The van der Waals surface area contributed by atoms with Crippen molar-refractivity contribution in [1.29, 1.82) is 0 Å². The van der Waals surface area contributed by atoms with E-state index in [1.807, 2.05) is 12.1 Å². The lowest BCUT2D eigenvalue weighted by Gasteiger charge is -2.60. The first kappa shape index (κ1) is 34.5. The van der Waals surface area contributed by atoms with Gasteiger partial charge in [-0.3, -0.25) is 0 Å². The highest BCUT2D eigenvalue weighted by atomic mass is 16.7. The molecule has 0 bridgehead atoms. The number of hydrogen-bond acceptors (Lipinski definition) is 4. The summed E-state index contributed by atoms with van der Waals surface area (Å²) in [4.78, 5) is 0. The van der Waals surface area contributed by atoms with Crippen LogP contribution in [0.3, 0.4) is 0 Å². The van der Waals surface area contributed by atoms with Gasteiger partial charge in [0.2, 0.25) is 0 Å². The summed E-state index contributed by atoms with van der Waals surface area (Å²) in [5.41, 5.74) is 9.17. The Labute approximate surface area is 311 Å². The van der Waals surface area contributed by atoms with Gasteiger partial charge in [-0.15, -0.1) is 0 Å². The van der Waals surface area contributed by atoms with E-state index in [2.05, 4.69) is 125 Å². The molecule has 0 radical (unpaired) electrons. The zero-order valence-corrected chi connectivity index (χ0v) is 31.6. The van der Waals surface area contributed by atoms with Crippen LogP contribution in [0.2, 0.25) is 0 Å². The van der Waals surface area contributed by atoms with Gasteiger partial charge in [-0.25, -0.2) is 0 Å². The molecule has 0 N–H and O–H groups in total. The summed E-state index contributed by atoms with van der Waals surface area (Å²) >= 11 is 0. The van der Waals surface area contributed by atoms with Crippen LogP contribution < -0.4 is 0 Å². The van der Waals surface area contributed by atoms with Crippen molar-refractivity contribution in [3.05, 3.63) is 143 Å². The van der Waals surface area contributed by atoms with Crippen LogP contribution >= 0.6 is 0 Å². The molecule has 6 aliphatic rings. The molecule has 4 nitrogen and oxygen atoms in total. The van der Waals surface area contributed by atoms with E-state index in [9.17, 15) is 0 Å². The summed E-state index contributed by atoms with van der Waals surface area (Å²) in [6.07, 6.45) is 9.62. The van der Waals surface area contributed by atoms with E-state index in [-0.39, 0.29) is 46.4 Å². The molecule has 2 aliphatic heterocycles. The zero-order chi connectivity index (χ0) is 35.6. The number of fused-ring (bicyclic) bond motifs is 10. The lowest BCUT2D eigenvalue weighted by Crippen LogP contribution is -2.59. The van der Waals surface area contributed by atoms with Gasteiger partial charge in [-0.2, -0.15) is 0 Å². The maximum Gasteiger partial charge on any atom is 0.184 e. The van der Waals surface area contributed by atoms with E-state index in [4.69, 9.17) is 18.9 Å². The van der Waals surface area contributed by atoms with Crippen LogP contribution in [0.1, 0.15) is 112 Å². The minimum atomic E-state index is -0.213. The summed E-state index contributed by atoms with van der Waals surface area (Å²) in [7, 11) is 0. The largest absolute Gasteiger partial charge is 0.348 e. The number of benzene rings is 4. The van der Waals surface area contributed by atoms with Crippen LogP contribution in [0, 0.1) is 22.7 Å². The summed E-state index contributed by atoms with van der Waals surface area (Å²) in [6, 6.07) is 38.9. The van der Waals surface area contributed by atoms with Gasteiger partial charge in [0.1, 0.15) is 0 Å². The molecule has 10 atom stereocenters. The number of hydrogen-bond donors (Lipinski definition) is 0. The molecular formula is C48H56O4. The maximum atomic E-state index is 6.54. The molecule has 2 heterocycles. The first-order chi connectivity index (χ1) is 25.2. The minimum absolute atomic E-state index is 0.0891. The second-order valence-corrected chi connectivity index (χ2v) is 17.8. The van der Waals surface area contributed by atoms with Crippen molar-refractivity contribution >= 4 is 0 Å². The van der Waals surface area contributed by atoms with Gasteiger partial charge in [0, 0.05) is 22.0 Å². The summed E-state index contributed by atoms with van der Waals surface area (Å²) < 4.78 is 25.7. The smallest absolute Gasteiger partial charge is 0.184 e. The molecule has 0 amide bonds. The fourth-order valence-corrected chi connectivity index (χ4v) is 12.2. The molecule has 10 rings (SSSR count). The first-order valence-electron chi connectivity index (χ1n) is 20.0. The average Bonchev–Trinajstić information content (AvgIpc) is 3.18. The predicted octanol–water partition coefficient (Wildman–Crippen LogP) is 10.8. The van der Waals surface area contributed by atoms with Crippen molar-refractivity contribution < 1.29 is 18.9 Å². The topological polar surface area (TPSA) is 36.9 Å². The molecule has 4 fully saturated rings. The van der Waals surface area contributed by atoms with Crippen LogP contribution in [0.5, 0.6) is 0 Å². The second kappa shape index (κ2) is 13.2. The van der Waals surface area contributed by atoms with Crippen molar-refractivity contribution in [3.63, 3.8) is 0 Å². The van der Waals surface area contributed by atoms with Crippen molar-refractivity contribution in [3.8, 4) is 0 Å². The van der Waals surface area contributed by atoms with Crippen molar-refractivity contribution in [2.75, 3.05) is 13.2 Å². The fourth-order valence-electron chi connectivity index (χ4n) is 12.2. The molecule has 0 aromatic heterocycles. The van der Waals surface area contributed by atoms with Gasteiger partial charge in [-0.05, 0) is 96.3 Å². The van der Waals surface area contributed by atoms with Gasteiger partial charge < -0.3 is 18.9 Å². The highest BCUT2D eigenvalue weighted by Gasteiger charge is 2.60. The van der Waals surface area contributed by atoms with E-state index in [1.54, 1.807) is 22.3 Å². The molecule has 0 unspecified atom stereocenters. The van der Waals surface area contributed by atoms with Crippen LogP contribution in [-0.4, -0.2) is 25.4 Å². The number of aryl methyl sites for hydroxylation is 2. The Hall–Kier alpha value is -3.28. The van der Waals surface area contributed by atoms with Crippen LogP contribution in [0.15, 0.2) is 109 Å². The van der Waals surface area contributed by atoms with Crippen molar-refractivity contribution in [1.82, 2.24) is 0 Å². The SMILES string of the molecule is C[C@@]12CO[C@@H](c3ccccc3)O[C@H]1CC[C@]1(C)c3ccccc3CC[C@@H]21.C[C@@]12CO[C@@H](c3ccccc3)O[C@H]1CC[C@]1(C)c3ccccc3CC[C@@H]21. The van der Waals surface area contributed by atoms with E-state index >= 15 is 0 Å². The Morgan fingerprint density at radius 3 is 1.27 bits per heavy atom. The fraction of sp³-hybridized carbons (Fsp3) is 0.500. The molecule has 272 valence electrons. The first-order valence-corrected chi connectivity index (χ1v) is 20.0. The molecule has 2 saturated carbocycles. The van der Waals surface area contributed by atoms with Gasteiger partial charge >= 0.3 is 0 Å². The normalized spacial score (nSPS) is 38.8. The molecule has 4 aromatic rings. The predicted molar refractivity (Wildman–Crippen MR) is 206 cm³/mol.